The van der Waals surface area contributed by atoms with Crippen LogP contribution in [-0.2, 0) is 0 Å². The third kappa shape index (κ3) is 12.4. The molecule has 1 N–H and O–H groups in total. The molecule has 1 heteroatoms. The Bertz CT molecular complexity index is 163. The maximum Gasteiger partial charge on any atom is 0.00104 e. The van der Waals surface area contributed by atoms with Crippen molar-refractivity contribution in [2.24, 2.45) is 11.8 Å². The Hall–Kier alpha value is -0.0400. The summed E-state index contributed by atoms with van der Waals surface area (Å²) in [5, 5.41) is 3.61. The molecule has 0 saturated carbocycles. The van der Waals surface area contributed by atoms with E-state index < -0.39 is 0 Å². The van der Waals surface area contributed by atoms with E-state index in [1.54, 1.807) is 0 Å². The van der Waals surface area contributed by atoms with E-state index in [-0.39, 0.29) is 0 Å². The molecule has 0 bridgehead atoms. The average Bonchev–Trinajstić information content (AvgIpc) is 2.29. The monoisotopic (exact) mass is 255 g/mol. The molecule has 0 amide bonds. The Kier molecular flexibility index (Phi) is 12.0. The number of hydrogen-bond donors (Lipinski definition) is 1. The van der Waals surface area contributed by atoms with Gasteiger partial charge in [-0.15, -0.1) is 0 Å². The molecule has 0 radical (unpaired) electrons. The Morgan fingerprint density at radius 2 is 1.44 bits per heavy atom. The fraction of sp³-hybridized carbons (Fsp3) is 1.00. The molecule has 0 fully saturated rings. The van der Waals surface area contributed by atoms with Crippen molar-refractivity contribution in [2.75, 3.05) is 6.54 Å². The maximum atomic E-state index is 3.61. The van der Waals surface area contributed by atoms with Crippen LogP contribution in [0.5, 0.6) is 0 Å². The molecule has 0 aromatic carbocycles. The predicted molar refractivity (Wildman–Crippen MR) is 84.1 cm³/mol. The molecule has 18 heavy (non-hydrogen) atoms. The quantitative estimate of drug-likeness (QED) is 0.461. The van der Waals surface area contributed by atoms with Gasteiger partial charge in [-0.25, -0.2) is 0 Å². The lowest BCUT2D eigenvalue weighted by atomic mass is 9.91. The lowest BCUT2D eigenvalue weighted by molar-refractivity contribution is 0.344. The van der Waals surface area contributed by atoms with Crippen LogP contribution < -0.4 is 5.32 Å². The SMILES string of the molecule is CCCCCCCCC(CNC(C)C)CC(C)C. The maximum absolute atomic E-state index is 3.61. The van der Waals surface area contributed by atoms with Gasteiger partial charge in [-0.3, -0.25) is 0 Å². The molecule has 0 aromatic heterocycles. The molecule has 0 aliphatic carbocycles. The zero-order valence-electron chi connectivity index (χ0n) is 13.6. The van der Waals surface area contributed by atoms with E-state index in [2.05, 4.69) is 39.9 Å². The molecular weight excluding hydrogens is 218 g/mol. The van der Waals surface area contributed by atoms with Crippen molar-refractivity contribution in [1.82, 2.24) is 5.32 Å². The second-order valence-corrected chi connectivity index (χ2v) is 6.61. The van der Waals surface area contributed by atoms with E-state index in [4.69, 9.17) is 0 Å². The van der Waals surface area contributed by atoms with Crippen molar-refractivity contribution in [3.8, 4) is 0 Å². The highest BCUT2D eigenvalue weighted by atomic mass is 14.9. The van der Waals surface area contributed by atoms with Gasteiger partial charge in [-0.1, -0.05) is 73.1 Å². The molecule has 0 rings (SSSR count). The number of hydrogen-bond acceptors (Lipinski definition) is 1. The second kappa shape index (κ2) is 12.0. The summed E-state index contributed by atoms with van der Waals surface area (Å²) in [4.78, 5) is 0. The van der Waals surface area contributed by atoms with E-state index in [9.17, 15) is 0 Å². The fourth-order valence-electron chi connectivity index (χ4n) is 2.59. The van der Waals surface area contributed by atoms with Gasteiger partial charge in [-0.2, -0.15) is 0 Å². The summed E-state index contributed by atoms with van der Waals surface area (Å²) in [6, 6.07) is 0.629. The van der Waals surface area contributed by atoms with E-state index in [1.165, 1.54) is 57.9 Å². The first-order valence-corrected chi connectivity index (χ1v) is 8.29. The van der Waals surface area contributed by atoms with Crippen molar-refractivity contribution in [3.63, 3.8) is 0 Å². The molecule has 1 nitrogen and oxygen atoms in total. The zero-order chi connectivity index (χ0) is 13.8. The first-order valence-electron chi connectivity index (χ1n) is 8.29. The Morgan fingerprint density at radius 1 is 0.833 bits per heavy atom. The predicted octanol–water partition coefficient (Wildman–Crippen LogP) is 5.40. The molecule has 0 heterocycles. The van der Waals surface area contributed by atoms with Gasteiger partial charge < -0.3 is 5.32 Å². The summed E-state index contributed by atoms with van der Waals surface area (Å²) in [5.41, 5.74) is 0. The molecule has 1 atom stereocenters. The molecule has 0 aromatic rings. The summed E-state index contributed by atoms with van der Waals surface area (Å²) < 4.78 is 0. The van der Waals surface area contributed by atoms with Crippen LogP contribution in [0.3, 0.4) is 0 Å². The van der Waals surface area contributed by atoms with Gasteiger partial charge >= 0.3 is 0 Å². The van der Waals surface area contributed by atoms with Crippen LogP contribution in [0.15, 0.2) is 0 Å². The Morgan fingerprint density at radius 3 is 2.00 bits per heavy atom. The minimum absolute atomic E-state index is 0.629. The molecule has 0 aliphatic heterocycles. The van der Waals surface area contributed by atoms with Gasteiger partial charge in [0.25, 0.3) is 0 Å². The van der Waals surface area contributed by atoms with Crippen LogP contribution >= 0.6 is 0 Å². The normalized spacial score (nSPS) is 13.5. The lowest BCUT2D eigenvalue weighted by Crippen LogP contribution is -2.29. The zero-order valence-corrected chi connectivity index (χ0v) is 13.6. The van der Waals surface area contributed by atoms with Gasteiger partial charge in [-0.05, 0) is 31.2 Å². The number of nitrogens with one attached hydrogen (secondary N) is 1. The summed E-state index contributed by atoms with van der Waals surface area (Å²) in [6.07, 6.45) is 11.3. The van der Waals surface area contributed by atoms with Crippen LogP contribution in [0.25, 0.3) is 0 Å². The van der Waals surface area contributed by atoms with Gasteiger partial charge in [0.1, 0.15) is 0 Å². The molecule has 0 aliphatic rings. The standard InChI is InChI=1S/C17H37N/c1-6-7-8-9-10-11-12-17(13-15(2)3)14-18-16(4)5/h15-18H,6-14H2,1-5H3. The highest BCUT2D eigenvalue weighted by molar-refractivity contribution is 4.66. The van der Waals surface area contributed by atoms with Crippen molar-refractivity contribution in [3.05, 3.63) is 0 Å². The first kappa shape index (κ1) is 18.0. The summed E-state index contributed by atoms with van der Waals surface area (Å²) in [5.74, 6) is 1.72. The van der Waals surface area contributed by atoms with E-state index in [0.717, 1.165) is 11.8 Å². The van der Waals surface area contributed by atoms with E-state index in [0.29, 0.717) is 6.04 Å². The van der Waals surface area contributed by atoms with Crippen molar-refractivity contribution in [2.45, 2.75) is 92.0 Å². The van der Waals surface area contributed by atoms with E-state index >= 15 is 0 Å². The second-order valence-electron chi connectivity index (χ2n) is 6.61. The third-order valence-corrected chi connectivity index (χ3v) is 3.59. The number of rotatable bonds is 12. The van der Waals surface area contributed by atoms with Crippen LogP contribution in [0.2, 0.25) is 0 Å². The lowest BCUT2D eigenvalue weighted by Gasteiger charge is -2.21. The summed E-state index contributed by atoms with van der Waals surface area (Å²) in [7, 11) is 0. The molecule has 110 valence electrons. The summed E-state index contributed by atoms with van der Waals surface area (Å²) >= 11 is 0. The molecule has 0 saturated heterocycles. The van der Waals surface area contributed by atoms with Crippen molar-refractivity contribution in [1.29, 1.82) is 0 Å². The fourth-order valence-corrected chi connectivity index (χ4v) is 2.59. The highest BCUT2D eigenvalue weighted by Crippen LogP contribution is 2.19. The van der Waals surface area contributed by atoms with Crippen LogP contribution in [0, 0.1) is 11.8 Å². The Balaban J connectivity index is 3.65. The minimum Gasteiger partial charge on any atom is -0.314 e. The highest BCUT2D eigenvalue weighted by Gasteiger charge is 2.11. The van der Waals surface area contributed by atoms with Gasteiger partial charge in [0, 0.05) is 6.04 Å². The van der Waals surface area contributed by atoms with Gasteiger partial charge in [0.2, 0.25) is 0 Å². The van der Waals surface area contributed by atoms with E-state index in [1.807, 2.05) is 0 Å². The summed E-state index contributed by atoms with van der Waals surface area (Å²) in [6.45, 7) is 12.7. The average molecular weight is 255 g/mol. The number of unbranched alkanes of at least 4 members (excludes halogenated alkanes) is 5. The van der Waals surface area contributed by atoms with Crippen LogP contribution in [0.1, 0.15) is 86.0 Å². The Labute approximate surface area is 116 Å². The van der Waals surface area contributed by atoms with Gasteiger partial charge in [0.15, 0.2) is 0 Å². The molecule has 0 spiro atoms. The van der Waals surface area contributed by atoms with Gasteiger partial charge in [0.05, 0.1) is 0 Å². The third-order valence-electron chi connectivity index (χ3n) is 3.59. The minimum atomic E-state index is 0.629. The first-order chi connectivity index (χ1) is 8.56. The largest absolute Gasteiger partial charge is 0.314 e. The molecule has 1 unspecified atom stereocenters. The van der Waals surface area contributed by atoms with Crippen molar-refractivity contribution >= 4 is 0 Å². The molecular formula is C17H37N. The van der Waals surface area contributed by atoms with Crippen LogP contribution in [-0.4, -0.2) is 12.6 Å². The van der Waals surface area contributed by atoms with Crippen LogP contribution in [0.4, 0.5) is 0 Å². The topological polar surface area (TPSA) is 12.0 Å². The van der Waals surface area contributed by atoms with Crippen molar-refractivity contribution < 1.29 is 0 Å². The smallest absolute Gasteiger partial charge is 0.00104 e.